The summed E-state index contributed by atoms with van der Waals surface area (Å²) in [5, 5.41) is 4.70. The van der Waals surface area contributed by atoms with Crippen molar-refractivity contribution in [3.8, 4) is 5.69 Å². The third-order valence-corrected chi connectivity index (χ3v) is 3.87. The molecule has 0 saturated carbocycles. The van der Waals surface area contributed by atoms with Gasteiger partial charge in [-0.2, -0.15) is 5.10 Å². The monoisotopic (exact) mass is 346 g/mol. The second-order valence-electron chi connectivity index (χ2n) is 4.79. The number of rotatable bonds is 4. The normalized spacial score (nSPS) is 10.5. The number of hydrogen-bond acceptors (Lipinski definition) is 3. The molecule has 0 aliphatic heterocycles. The summed E-state index contributed by atoms with van der Waals surface area (Å²) in [6.07, 6.45) is 3.57. The standard InChI is InChI=1S/C17H12Cl2N2O2/c18-14-3-1-4-15(19)16(14)17(22)23-11-12-5-7-13(8-6-12)21-10-2-9-20-21/h1-10H,11H2. The molecule has 0 fully saturated rings. The zero-order valence-corrected chi connectivity index (χ0v) is 13.5. The van der Waals surface area contributed by atoms with Crippen LogP contribution in [0.25, 0.3) is 5.69 Å². The summed E-state index contributed by atoms with van der Waals surface area (Å²) in [5.74, 6) is -0.545. The molecular formula is C17H12Cl2N2O2. The highest BCUT2D eigenvalue weighted by Crippen LogP contribution is 2.25. The Labute approximate surface area is 143 Å². The number of benzene rings is 2. The highest BCUT2D eigenvalue weighted by Gasteiger charge is 2.15. The first kappa shape index (κ1) is 15.6. The van der Waals surface area contributed by atoms with Crippen molar-refractivity contribution < 1.29 is 9.53 Å². The van der Waals surface area contributed by atoms with Crippen LogP contribution in [0.5, 0.6) is 0 Å². The van der Waals surface area contributed by atoms with E-state index in [1.165, 1.54) is 0 Å². The number of carbonyl (C=O) groups is 1. The van der Waals surface area contributed by atoms with Gasteiger partial charge in [-0.3, -0.25) is 0 Å². The molecule has 1 aromatic heterocycles. The van der Waals surface area contributed by atoms with Crippen molar-refractivity contribution in [2.24, 2.45) is 0 Å². The molecule has 0 bridgehead atoms. The maximum absolute atomic E-state index is 12.1. The quantitative estimate of drug-likeness (QED) is 0.651. The lowest BCUT2D eigenvalue weighted by Crippen LogP contribution is -2.07. The fourth-order valence-electron chi connectivity index (χ4n) is 2.08. The average molecular weight is 347 g/mol. The first-order valence-electron chi connectivity index (χ1n) is 6.85. The molecule has 116 valence electrons. The van der Waals surface area contributed by atoms with Crippen molar-refractivity contribution in [2.45, 2.75) is 6.61 Å². The molecule has 23 heavy (non-hydrogen) atoms. The number of halogens is 2. The zero-order chi connectivity index (χ0) is 16.2. The maximum Gasteiger partial charge on any atom is 0.341 e. The van der Waals surface area contributed by atoms with Crippen LogP contribution in [0.3, 0.4) is 0 Å². The van der Waals surface area contributed by atoms with E-state index in [0.717, 1.165) is 11.3 Å². The van der Waals surface area contributed by atoms with Gasteiger partial charge in [-0.1, -0.05) is 41.4 Å². The van der Waals surface area contributed by atoms with E-state index in [0.29, 0.717) is 0 Å². The Morgan fingerprint density at radius 1 is 1.04 bits per heavy atom. The van der Waals surface area contributed by atoms with Crippen LogP contribution in [0.2, 0.25) is 10.0 Å². The second-order valence-corrected chi connectivity index (χ2v) is 5.60. The van der Waals surface area contributed by atoms with Crippen LogP contribution in [0.4, 0.5) is 0 Å². The van der Waals surface area contributed by atoms with E-state index in [1.807, 2.05) is 36.5 Å². The van der Waals surface area contributed by atoms with Crippen molar-refractivity contribution in [3.63, 3.8) is 0 Å². The summed E-state index contributed by atoms with van der Waals surface area (Å²) in [6, 6.07) is 14.3. The van der Waals surface area contributed by atoms with Gasteiger partial charge in [0, 0.05) is 12.4 Å². The van der Waals surface area contributed by atoms with Crippen molar-refractivity contribution in [1.29, 1.82) is 0 Å². The predicted octanol–water partition coefficient (Wildman–Crippen LogP) is 4.54. The number of ether oxygens (including phenoxy) is 1. The molecule has 0 radical (unpaired) electrons. The highest BCUT2D eigenvalue weighted by atomic mass is 35.5. The van der Waals surface area contributed by atoms with Gasteiger partial charge in [-0.25, -0.2) is 9.48 Å². The molecule has 0 unspecified atom stereocenters. The second kappa shape index (κ2) is 6.86. The van der Waals surface area contributed by atoms with Gasteiger partial charge in [0.15, 0.2) is 0 Å². The van der Waals surface area contributed by atoms with E-state index in [4.69, 9.17) is 27.9 Å². The van der Waals surface area contributed by atoms with Crippen LogP contribution in [-0.4, -0.2) is 15.7 Å². The maximum atomic E-state index is 12.1. The number of esters is 1. The van der Waals surface area contributed by atoms with Crippen molar-refractivity contribution in [1.82, 2.24) is 9.78 Å². The summed E-state index contributed by atoms with van der Waals surface area (Å²) >= 11 is 12.0. The topological polar surface area (TPSA) is 44.1 Å². The Bertz CT molecular complexity index is 795. The lowest BCUT2D eigenvalue weighted by molar-refractivity contribution is 0.0473. The molecule has 6 heteroatoms. The fraction of sp³-hybridized carbons (Fsp3) is 0.0588. The molecular weight excluding hydrogens is 335 g/mol. The van der Waals surface area contributed by atoms with E-state index in [1.54, 1.807) is 29.1 Å². The van der Waals surface area contributed by atoms with Crippen LogP contribution in [0.15, 0.2) is 60.9 Å². The van der Waals surface area contributed by atoms with Crippen molar-refractivity contribution >= 4 is 29.2 Å². The Kier molecular flexibility index (Phi) is 4.65. The predicted molar refractivity (Wildman–Crippen MR) is 89.1 cm³/mol. The number of carbonyl (C=O) groups excluding carboxylic acids is 1. The van der Waals surface area contributed by atoms with Gasteiger partial charge in [0.2, 0.25) is 0 Å². The molecule has 3 rings (SSSR count). The lowest BCUT2D eigenvalue weighted by Gasteiger charge is -2.08. The van der Waals surface area contributed by atoms with Crippen LogP contribution in [0.1, 0.15) is 15.9 Å². The molecule has 0 spiro atoms. The summed E-state index contributed by atoms with van der Waals surface area (Å²) < 4.78 is 7.03. The smallest absolute Gasteiger partial charge is 0.341 e. The molecule has 0 atom stereocenters. The summed E-state index contributed by atoms with van der Waals surface area (Å²) in [7, 11) is 0. The lowest BCUT2D eigenvalue weighted by atomic mass is 10.2. The fourth-order valence-corrected chi connectivity index (χ4v) is 2.63. The molecule has 0 saturated heterocycles. The number of aromatic nitrogens is 2. The SMILES string of the molecule is O=C(OCc1ccc(-n2cccn2)cc1)c1c(Cl)cccc1Cl. The Hall–Kier alpha value is -2.30. The van der Waals surface area contributed by atoms with Gasteiger partial charge in [0.25, 0.3) is 0 Å². The van der Waals surface area contributed by atoms with Crippen LogP contribution in [0, 0.1) is 0 Å². The summed E-state index contributed by atoms with van der Waals surface area (Å²) in [5.41, 5.74) is 1.97. The van der Waals surface area contributed by atoms with E-state index < -0.39 is 5.97 Å². The van der Waals surface area contributed by atoms with Gasteiger partial charge in [0.05, 0.1) is 21.3 Å². The number of hydrogen-bond donors (Lipinski definition) is 0. The van der Waals surface area contributed by atoms with Gasteiger partial charge in [0.1, 0.15) is 6.61 Å². The average Bonchev–Trinajstić information content (AvgIpc) is 3.08. The molecule has 0 aliphatic carbocycles. The highest BCUT2D eigenvalue weighted by molar-refractivity contribution is 6.39. The third-order valence-electron chi connectivity index (χ3n) is 3.24. The minimum atomic E-state index is -0.545. The Morgan fingerprint density at radius 3 is 2.35 bits per heavy atom. The molecule has 0 amide bonds. The summed E-state index contributed by atoms with van der Waals surface area (Å²) in [6.45, 7) is 0.139. The van der Waals surface area contributed by atoms with E-state index >= 15 is 0 Å². The largest absolute Gasteiger partial charge is 0.457 e. The molecule has 0 aliphatic rings. The molecule has 2 aromatic carbocycles. The van der Waals surface area contributed by atoms with E-state index in [-0.39, 0.29) is 22.2 Å². The molecule has 0 N–H and O–H groups in total. The minimum absolute atomic E-state index is 0.139. The third kappa shape index (κ3) is 3.55. The van der Waals surface area contributed by atoms with Crippen molar-refractivity contribution in [2.75, 3.05) is 0 Å². The van der Waals surface area contributed by atoms with E-state index in [9.17, 15) is 4.79 Å². The molecule has 4 nitrogen and oxygen atoms in total. The van der Waals surface area contributed by atoms with Gasteiger partial charge in [-0.05, 0) is 35.9 Å². The van der Waals surface area contributed by atoms with Gasteiger partial charge in [-0.15, -0.1) is 0 Å². The summed E-state index contributed by atoms with van der Waals surface area (Å²) in [4.78, 5) is 12.1. The van der Waals surface area contributed by atoms with Crippen molar-refractivity contribution in [3.05, 3.63) is 82.1 Å². The van der Waals surface area contributed by atoms with E-state index in [2.05, 4.69) is 5.10 Å². The van der Waals surface area contributed by atoms with Crippen LogP contribution < -0.4 is 0 Å². The first-order chi connectivity index (χ1) is 11.1. The minimum Gasteiger partial charge on any atom is -0.457 e. The number of nitrogens with zero attached hydrogens (tertiary/aromatic N) is 2. The zero-order valence-electron chi connectivity index (χ0n) is 11.9. The Morgan fingerprint density at radius 2 is 1.74 bits per heavy atom. The van der Waals surface area contributed by atoms with Gasteiger partial charge < -0.3 is 4.74 Å². The molecule has 1 heterocycles. The van der Waals surface area contributed by atoms with Crippen LogP contribution in [-0.2, 0) is 11.3 Å². The first-order valence-corrected chi connectivity index (χ1v) is 7.61. The Balaban J connectivity index is 1.67. The molecule has 3 aromatic rings. The van der Waals surface area contributed by atoms with Gasteiger partial charge >= 0.3 is 5.97 Å². The van der Waals surface area contributed by atoms with Crippen LogP contribution >= 0.6 is 23.2 Å².